The Balaban J connectivity index is 1.47. The Morgan fingerprint density at radius 3 is 2.58 bits per heavy atom. The topological polar surface area (TPSA) is 61.8 Å². The molecule has 1 aliphatic carbocycles. The highest BCUT2D eigenvalue weighted by atomic mass is 16.5. The van der Waals surface area contributed by atoms with Gasteiger partial charge in [0.15, 0.2) is 0 Å². The molecule has 2 aliphatic heterocycles. The van der Waals surface area contributed by atoms with Crippen molar-refractivity contribution >= 4 is 17.7 Å². The molecule has 1 saturated heterocycles. The van der Waals surface area contributed by atoms with Crippen LogP contribution in [0.2, 0.25) is 0 Å². The third-order valence-corrected chi connectivity index (χ3v) is 7.44. The van der Waals surface area contributed by atoms with Crippen molar-refractivity contribution in [2.45, 2.75) is 58.0 Å². The van der Waals surface area contributed by atoms with Crippen molar-refractivity contribution in [1.29, 1.82) is 0 Å². The maximum Gasteiger partial charge on any atom is 0.254 e. The first kappa shape index (κ1) is 22.1. The standard InChI is InChI=1S/C26H35N5O2/c1-19-8-6-7-11-21(19)25(32)31-13-12-23-22(18-31)24(30-14-16-33-17-15-30)28-26(27-23)29(2)20-9-4-3-5-10-20/h6-8,11,20H,3-5,9-10,12-18H2,1-2H3. The van der Waals surface area contributed by atoms with E-state index in [2.05, 4.69) is 16.8 Å². The molecule has 176 valence electrons. The van der Waals surface area contributed by atoms with E-state index in [1.54, 1.807) is 0 Å². The zero-order chi connectivity index (χ0) is 22.8. The van der Waals surface area contributed by atoms with Gasteiger partial charge >= 0.3 is 0 Å². The van der Waals surface area contributed by atoms with Gasteiger partial charge in [0, 0.05) is 50.3 Å². The van der Waals surface area contributed by atoms with Gasteiger partial charge < -0.3 is 19.4 Å². The van der Waals surface area contributed by atoms with Crippen molar-refractivity contribution in [3.63, 3.8) is 0 Å². The number of aryl methyl sites for hydroxylation is 1. The smallest absolute Gasteiger partial charge is 0.254 e. The summed E-state index contributed by atoms with van der Waals surface area (Å²) < 4.78 is 5.61. The van der Waals surface area contributed by atoms with Crippen molar-refractivity contribution < 1.29 is 9.53 Å². The molecule has 3 aliphatic rings. The summed E-state index contributed by atoms with van der Waals surface area (Å²) in [6.07, 6.45) is 7.08. The molecule has 0 unspecified atom stereocenters. The lowest BCUT2D eigenvalue weighted by Crippen LogP contribution is -2.42. The van der Waals surface area contributed by atoms with E-state index in [1.165, 1.54) is 32.1 Å². The predicted octanol–water partition coefficient (Wildman–Crippen LogP) is 3.59. The summed E-state index contributed by atoms with van der Waals surface area (Å²) >= 11 is 0. The Morgan fingerprint density at radius 2 is 1.82 bits per heavy atom. The van der Waals surface area contributed by atoms with Crippen LogP contribution >= 0.6 is 0 Å². The fourth-order valence-corrected chi connectivity index (χ4v) is 5.37. The Morgan fingerprint density at radius 1 is 1.06 bits per heavy atom. The van der Waals surface area contributed by atoms with Gasteiger partial charge in [0.05, 0.1) is 25.5 Å². The van der Waals surface area contributed by atoms with E-state index >= 15 is 0 Å². The molecule has 0 N–H and O–H groups in total. The maximum atomic E-state index is 13.3. The largest absolute Gasteiger partial charge is 0.378 e. The van der Waals surface area contributed by atoms with Gasteiger partial charge in [-0.05, 0) is 31.4 Å². The summed E-state index contributed by atoms with van der Waals surface area (Å²) in [5.41, 5.74) is 4.00. The number of morpholine rings is 1. The highest BCUT2D eigenvalue weighted by molar-refractivity contribution is 5.95. The van der Waals surface area contributed by atoms with Crippen LogP contribution in [-0.2, 0) is 17.7 Å². The van der Waals surface area contributed by atoms with Gasteiger partial charge in [0.1, 0.15) is 5.82 Å². The number of anilines is 2. The molecule has 5 rings (SSSR count). The molecule has 0 bridgehead atoms. The molecular formula is C26H35N5O2. The highest BCUT2D eigenvalue weighted by Crippen LogP contribution is 2.32. The molecule has 0 spiro atoms. The Hall–Kier alpha value is -2.67. The normalized spacial score (nSPS) is 19.3. The number of benzene rings is 1. The predicted molar refractivity (Wildman–Crippen MR) is 130 cm³/mol. The molecular weight excluding hydrogens is 414 g/mol. The number of amides is 1. The Bertz CT molecular complexity index is 998. The van der Waals surface area contributed by atoms with Crippen LogP contribution in [0.25, 0.3) is 0 Å². The van der Waals surface area contributed by atoms with E-state index in [9.17, 15) is 4.79 Å². The van der Waals surface area contributed by atoms with E-state index in [0.717, 1.165) is 53.7 Å². The Labute approximate surface area is 196 Å². The van der Waals surface area contributed by atoms with Gasteiger partial charge in [-0.3, -0.25) is 4.79 Å². The van der Waals surface area contributed by atoms with Crippen LogP contribution in [0.3, 0.4) is 0 Å². The molecule has 1 aromatic carbocycles. The summed E-state index contributed by atoms with van der Waals surface area (Å²) in [6, 6.07) is 8.35. The van der Waals surface area contributed by atoms with E-state index < -0.39 is 0 Å². The lowest BCUT2D eigenvalue weighted by molar-refractivity contribution is 0.0732. The number of carbonyl (C=O) groups excluding carboxylic acids is 1. The van der Waals surface area contributed by atoms with Gasteiger partial charge in [-0.2, -0.15) is 4.98 Å². The lowest BCUT2D eigenvalue weighted by atomic mass is 9.95. The van der Waals surface area contributed by atoms with E-state index in [1.807, 2.05) is 36.1 Å². The van der Waals surface area contributed by atoms with Crippen molar-refractivity contribution in [3.8, 4) is 0 Å². The second-order valence-corrected chi connectivity index (χ2v) is 9.57. The molecule has 1 aromatic heterocycles. The second-order valence-electron chi connectivity index (χ2n) is 9.57. The Kier molecular flexibility index (Phi) is 6.49. The highest BCUT2D eigenvalue weighted by Gasteiger charge is 2.31. The first-order valence-corrected chi connectivity index (χ1v) is 12.4. The fourth-order valence-electron chi connectivity index (χ4n) is 5.37. The SMILES string of the molecule is Cc1ccccc1C(=O)N1CCc2nc(N(C)C3CCCCC3)nc(N3CCOCC3)c2C1. The minimum Gasteiger partial charge on any atom is -0.378 e. The molecule has 7 heteroatoms. The molecule has 33 heavy (non-hydrogen) atoms. The van der Waals surface area contributed by atoms with Crippen LogP contribution in [0.4, 0.5) is 11.8 Å². The van der Waals surface area contributed by atoms with Crippen LogP contribution in [0.15, 0.2) is 24.3 Å². The summed E-state index contributed by atoms with van der Waals surface area (Å²) in [4.78, 5) is 30.1. The summed E-state index contributed by atoms with van der Waals surface area (Å²) in [5, 5.41) is 0. The summed E-state index contributed by atoms with van der Waals surface area (Å²) in [5.74, 6) is 1.92. The molecule has 1 saturated carbocycles. The second kappa shape index (κ2) is 9.67. The van der Waals surface area contributed by atoms with E-state index in [0.29, 0.717) is 32.3 Å². The van der Waals surface area contributed by atoms with Crippen molar-refractivity contribution in [2.75, 3.05) is 49.7 Å². The van der Waals surface area contributed by atoms with E-state index in [4.69, 9.17) is 14.7 Å². The summed E-state index contributed by atoms with van der Waals surface area (Å²) in [7, 11) is 2.15. The zero-order valence-electron chi connectivity index (χ0n) is 19.9. The van der Waals surface area contributed by atoms with Crippen molar-refractivity contribution in [2.24, 2.45) is 0 Å². The molecule has 2 aromatic rings. The average Bonchev–Trinajstić information content (AvgIpc) is 2.88. The van der Waals surface area contributed by atoms with Crippen LogP contribution in [0.5, 0.6) is 0 Å². The van der Waals surface area contributed by atoms with Crippen molar-refractivity contribution in [1.82, 2.24) is 14.9 Å². The van der Waals surface area contributed by atoms with Crippen LogP contribution in [0.1, 0.15) is 59.3 Å². The molecule has 1 amide bonds. The minimum atomic E-state index is 0.0927. The number of hydrogen-bond donors (Lipinski definition) is 0. The van der Waals surface area contributed by atoms with Crippen LogP contribution in [0, 0.1) is 6.92 Å². The average molecular weight is 450 g/mol. The van der Waals surface area contributed by atoms with E-state index in [-0.39, 0.29) is 5.91 Å². The number of carbonyl (C=O) groups is 1. The quantitative estimate of drug-likeness (QED) is 0.711. The first-order chi connectivity index (χ1) is 16.1. The minimum absolute atomic E-state index is 0.0927. The monoisotopic (exact) mass is 449 g/mol. The number of rotatable bonds is 4. The molecule has 0 atom stereocenters. The van der Waals surface area contributed by atoms with Crippen molar-refractivity contribution in [3.05, 3.63) is 46.6 Å². The summed E-state index contributed by atoms with van der Waals surface area (Å²) in [6.45, 7) is 6.30. The molecule has 7 nitrogen and oxygen atoms in total. The fraction of sp³-hybridized carbons (Fsp3) is 0.577. The third-order valence-electron chi connectivity index (χ3n) is 7.44. The van der Waals surface area contributed by atoms with Gasteiger partial charge in [-0.25, -0.2) is 4.98 Å². The number of hydrogen-bond acceptors (Lipinski definition) is 6. The number of fused-ring (bicyclic) bond motifs is 1. The molecule has 2 fully saturated rings. The van der Waals surface area contributed by atoms with Gasteiger partial charge in [0.25, 0.3) is 5.91 Å². The van der Waals surface area contributed by atoms with Gasteiger partial charge in [0.2, 0.25) is 5.95 Å². The maximum absolute atomic E-state index is 13.3. The number of nitrogens with zero attached hydrogens (tertiary/aromatic N) is 5. The van der Waals surface area contributed by atoms with Crippen LogP contribution in [-0.4, -0.2) is 66.7 Å². The third kappa shape index (κ3) is 4.56. The van der Waals surface area contributed by atoms with Crippen LogP contribution < -0.4 is 9.80 Å². The first-order valence-electron chi connectivity index (χ1n) is 12.4. The van der Waals surface area contributed by atoms with Gasteiger partial charge in [-0.15, -0.1) is 0 Å². The molecule has 0 radical (unpaired) electrons. The molecule has 3 heterocycles. The zero-order valence-corrected chi connectivity index (χ0v) is 19.9. The number of aromatic nitrogens is 2. The van der Waals surface area contributed by atoms with Gasteiger partial charge in [-0.1, -0.05) is 37.5 Å². The number of ether oxygens (including phenoxy) is 1. The lowest BCUT2D eigenvalue weighted by Gasteiger charge is -2.37.